The zero-order valence-corrected chi connectivity index (χ0v) is 19.0. The van der Waals surface area contributed by atoms with Crippen LogP contribution in [0.3, 0.4) is 0 Å². The standard InChI is InChI=1S/C23H23ClN2O5S/c1-13-6-5-9-17-19(13)20(22(27)23(28)29)21(25-17)14-10-11-16(24)18(12-14)32(30,31)26-15-7-3-2-4-8-15/h5-6,9-12,15,25-26H,2-4,7-8H2,1H3,(H,28,29). The molecule has 1 aliphatic carbocycles. The Hall–Kier alpha value is -2.68. The van der Waals surface area contributed by atoms with Crippen LogP contribution in [0.25, 0.3) is 22.2 Å². The molecular weight excluding hydrogens is 452 g/mol. The van der Waals surface area contributed by atoms with Crippen LogP contribution < -0.4 is 4.72 Å². The number of aryl methyl sites for hydroxylation is 1. The summed E-state index contributed by atoms with van der Waals surface area (Å²) in [6.07, 6.45) is 4.57. The minimum atomic E-state index is -3.91. The fourth-order valence-electron chi connectivity index (χ4n) is 4.34. The van der Waals surface area contributed by atoms with Crippen LogP contribution in [-0.2, 0) is 14.8 Å². The van der Waals surface area contributed by atoms with Gasteiger partial charge < -0.3 is 10.1 Å². The molecule has 2 aromatic carbocycles. The highest BCUT2D eigenvalue weighted by molar-refractivity contribution is 7.89. The van der Waals surface area contributed by atoms with Gasteiger partial charge in [-0.05, 0) is 43.5 Å². The fraction of sp³-hybridized carbons (Fsp3) is 0.304. The number of aromatic nitrogens is 1. The molecule has 3 aromatic rings. The second-order valence-electron chi connectivity index (χ2n) is 8.11. The van der Waals surface area contributed by atoms with E-state index in [2.05, 4.69) is 9.71 Å². The maximum Gasteiger partial charge on any atom is 0.377 e. The lowest BCUT2D eigenvalue weighted by molar-refractivity contribution is -0.131. The highest BCUT2D eigenvalue weighted by atomic mass is 35.5. The maximum absolute atomic E-state index is 13.1. The second kappa shape index (κ2) is 8.69. The molecule has 0 atom stereocenters. The third-order valence-electron chi connectivity index (χ3n) is 5.89. The van der Waals surface area contributed by atoms with Crippen LogP contribution in [0.5, 0.6) is 0 Å². The number of hydrogen-bond donors (Lipinski definition) is 3. The summed E-state index contributed by atoms with van der Waals surface area (Å²) in [4.78, 5) is 27.1. The van der Waals surface area contributed by atoms with E-state index >= 15 is 0 Å². The Morgan fingerprint density at radius 1 is 1.12 bits per heavy atom. The van der Waals surface area contributed by atoms with Crippen molar-refractivity contribution >= 4 is 44.3 Å². The van der Waals surface area contributed by atoms with Crippen LogP contribution in [0.15, 0.2) is 41.3 Å². The van der Waals surface area contributed by atoms with E-state index in [4.69, 9.17) is 11.6 Å². The highest BCUT2D eigenvalue weighted by Gasteiger charge is 2.28. The molecule has 3 N–H and O–H groups in total. The summed E-state index contributed by atoms with van der Waals surface area (Å²) in [6.45, 7) is 1.78. The number of hydrogen-bond acceptors (Lipinski definition) is 4. The molecule has 168 valence electrons. The quantitative estimate of drug-likeness (QED) is 0.354. The van der Waals surface area contributed by atoms with Crippen LogP contribution in [0.4, 0.5) is 0 Å². The van der Waals surface area contributed by atoms with Crippen LogP contribution >= 0.6 is 11.6 Å². The van der Waals surface area contributed by atoms with Gasteiger partial charge >= 0.3 is 5.97 Å². The Morgan fingerprint density at radius 2 is 1.84 bits per heavy atom. The number of ketones is 1. The third-order valence-corrected chi connectivity index (χ3v) is 7.89. The molecule has 9 heteroatoms. The molecule has 0 unspecified atom stereocenters. The maximum atomic E-state index is 13.1. The molecule has 0 aliphatic heterocycles. The minimum absolute atomic E-state index is 0.00323. The van der Waals surface area contributed by atoms with Gasteiger partial charge in [-0.2, -0.15) is 0 Å². The van der Waals surface area contributed by atoms with Crippen molar-refractivity contribution in [1.29, 1.82) is 0 Å². The molecule has 1 fully saturated rings. The van der Waals surface area contributed by atoms with E-state index in [0.717, 1.165) is 37.7 Å². The first-order valence-electron chi connectivity index (χ1n) is 10.4. The van der Waals surface area contributed by atoms with Gasteiger partial charge in [0.1, 0.15) is 4.90 Å². The summed E-state index contributed by atoms with van der Waals surface area (Å²) >= 11 is 6.25. The molecule has 0 radical (unpaired) electrons. The molecule has 1 heterocycles. The Kier molecular flexibility index (Phi) is 6.11. The number of carboxylic acid groups (broad SMARTS) is 1. The van der Waals surface area contributed by atoms with Crippen LogP contribution in [0.1, 0.15) is 48.0 Å². The van der Waals surface area contributed by atoms with E-state index < -0.39 is 21.8 Å². The Bertz CT molecular complexity index is 1320. The number of carboxylic acids is 1. The molecule has 1 aliphatic rings. The van der Waals surface area contributed by atoms with Crippen molar-refractivity contribution in [3.8, 4) is 11.3 Å². The van der Waals surface area contributed by atoms with E-state index in [-0.39, 0.29) is 27.2 Å². The normalized spacial score (nSPS) is 15.2. The van der Waals surface area contributed by atoms with Crippen molar-refractivity contribution in [1.82, 2.24) is 9.71 Å². The van der Waals surface area contributed by atoms with Gasteiger partial charge in [-0.25, -0.2) is 17.9 Å². The molecule has 4 rings (SSSR count). The topological polar surface area (TPSA) is 116 Å². The number of carbonyl (C=O) groups excluding carboxylic acids is 1. The van der Waals surface area contributed by atoms with E-state index in [0.29, 0.717) is 16.5 Å². The van der Waals surface area contributed by atoms with E-state index in [1.165, 1.54) is 12.1 Å². The average molecular weight is 475 g/mol. The molecule has 0 amide bonds. The number of benzene rings is 2. The predicted molar refractivity (Wildman–Crippen MR) is 123 cm³/mol. The number of Topliss-reactive ketones (excluding diaryl/α,β-unsaturated/α-hetero) is 1. The predicted octanol–water partition coefficient (Wildman–Crippen LogP) is 4.68. The number of halogens is 1. The Morgan fingerprint density at radius 3 is 2.53 bits per heavy atom. The molecule has 1 saturated carbocycles. The number of aromatic amines is 1. The number of fused-ring (bicyclic) bond motifs is 1. The van der Waals surface area contributed by atoms with Crippen LogP contribution in [0, 0.1) is 6.92 Å². The summed E-state index contributed by atoms with van der Waals surface area (Å²) < 4.78 is 28.9. The van der Waals surface area contributed by atoms with E-state index in [1.54, 1.807) is 31.2 Å². The Labute approximate surface area is 190 Å². The lowest BCUT2D eigenvalue weighted by Gasteiger charge is -2.23. The van der Waals surface area contributed by atoms with Crippen molar-refractivity contribution in [2.45, 2.75) is 50.0 Å². The van der Waals surface area contributed by atoms with Gasteiger partial charge in [0.25, 0.3) is 5.78 Å². The Balaban J connectivity index is 1.85. The first-order valence-corrected chi connectivity index (χ1v) is 12.3. The van der Waals surface area contributed by atoms with Gasteiger partial charge in [0.15, 0.2) is 0 Å². The largest absolute Gasteiger partial charge is 0.475 e. The second-order valence-corrected chi connectivity index (χ2v) is 10.2. The van der Waals surface area contributed by atoms with E-state index in [9.17, 15) is 23.1 Å². The van der Waals surface area contributed by atoms with Crippen molar-refractivity contribution in [2.24, 2.45) is 0 Å². The first kappa shape index (κ1) is 22.5. The van der Waals surface area contributed by atoms with Gasteiger partial charge in [0.05, 0.1) is 16.3 Å². The molecule has 7 nitrogen and oxygen atoms in total. The number of sulfonamides is 1. The highest BCUT2D eigenvalue weighted by Crippen LogP contribution is 2.35. The molecule has 0 saturated heterocycles. The molecule has 0 bridgehead atoms. The fourth-order valence-corrected chi connectivity index (χ4v) is 6.18. The molecular formula is C23H23ClN2O5S. The molecule has 0 spiro atoms. The van der Waals surface area contributed by atoms with Gasteiger partial charge in [-0.15, -0.1) is 0 Å². The zero-order valence-electron chi connectivity index (χ0n) is 17.4. The molecule has 32 heavy (non-hydrogen) atoms. The summed E-state index contributed by atoms with van der Waals surface area (Å²) in [5.41, 5.74) is 1.92. The lowest BCUT2D eigenvalue weighted by atomic mass is 9.96. The number of carbonyl (C=O) groups is 2. The van der Waals surface area contributed by atoms with Gasteiger partial charge in [-0.1, -0.05) is 49.1 Å². The number of H-pyrrole nitrogens is 1. The van der Waals surface area contributed by atoms with Crippen molar-refractivity contribution in [3.05, 3.63) is 52.5 Å². The summed E-state index contributed by atoms with van der Waals surface area (Å²) in [7, 11) is -3.91. The number of rotatable bonds is 6. The molecule has 1 aromatic heterocycles. The van der Waals surface area contributed by atoms with E-state index in [1.807, 2.05) is 0 Å². The van der Waals surface area contributed by atoms with Crippen molar-refractivity contribution < 1.29 is 23.1 Å². The third kappa shape index (κ3) is 4.18. The van der Waals surface area contributed by atoms with Gasteiger partial charge in [0.2, 0.25) is 10.0 Å². The van der Waals surface area contributed by atoms with Crippen molar-refractivity contribution in [2.75, 3.05) is 0 Å². The monoisotopic (exact) mass is 474 g/mol. The first-order chi connectivity index (χ1) is 15.2. The lowest BCUT2D eigenvalue weighted by Crippen LogP contribution is -2.36. The van der Waals surface area contributed by atoms with Crippen molar-refractivity contribution in [3.63, 3.8) is 0 Å². The summed E-state index contributed by atoms with van der Waals surface area (Å²) in [6, 6.07) is 9.56. The minimum Gasteiger partial charge on any atom is -0.475 e. The summed E-state index contributed by atoms with van der Waals surface area (Å²) in [5.74, 6) is -2.66. The van der Waals surface area contributed by atoms with Crippen LogP contribution in [-0.4, -0.2) is 36.3 Å². The smallest absolute Gasteiger partial charge is 0.377 e. The number of nitrogens with one attached hydrogen (secondary N) is 2. The zero-order chi connectivity index (χ0) is 23.0. The van der Waals surface area contributed by atoms with Gasteiger partial charge in [0, 0.05) is 22.5 Å². The summed E-state index contributed by atoms with van der Waals surface area (Å²) in [5, 5.41) is 9.94. The van der Waals surface area contributed by atoms with Crippen LogP contribution in [0.2, 0.25) is 5.02 Å². The average Bonchev–Trinajstić information content (AvgIpc) is 3.14. The number of aliphatic carboxylic acids is 1. The SMILES string of the molecule is Cc1cccc2[nH]c(-c3ccc(Cl)c(S(=O)(=O)NC4CCCCC4)c3)c(C(=O)C(=O)O)c12. The van der Waals surface area contributed by atoms with Gasteiger partial charge in [-0.3, -0.25) is 4.79 Å².